The largest absolute Gasteiger partial charge is 0.344 e. The molecule has 15 heavy (non-hydrogen) atoms. The molecule has 0 atom stereocenters. The van der Waals surface area contributed by atoms with Crippen molar-refractivity contribution >= 4 is 17.0 Å². The lowest BCUT2D eigenvalue weighted by Gasteiger charge is -1.97. The first-order chi connectivity index (χ1) is 7.33. The van der Waals surface area contributed by atoms with E-state index in [2.05, 4.69) is 53.8 Å². The molecule has 0 bridgehead atoms. The van der Waals surface area contributed by atoms with Crippen LogP contribution in [0.2, 0.25) is 0 Å². The van der Waals surface area contributed by atoms with E-state index in [4.69, 9.17) is 0 Å². The summed E-state index contributed by atoms with van der Waals surface area (Å²) in [6, 6.07) is 10.5. The minimum atomic E-state index is 1.18. The zero-order chi connectivity index (χ0) is 10.7. The van der Waals surface area contributed by atoms with Gasteiger partial charge in [0.2, 0.25) is 0 Å². The van der Waals surface area contributed by atoms with E-state index in [0.29, 0.717) is 0 Å². The Morgan fingerprint density at radius 1 is 1.27 bits per heavy atom. The Bertz CT molecular complexity index is 562. The van der Waals surface area contributed by atoms with Gasteiger partial charge in [0.05, 0.1) is 0 Å². The van der Waals surface area contributed by atoms with E-state index in [1.807, 2.05) is 19.1 Å². The zero-order valence-electron chi connectivity index (χ0n) is 8.99. The summed E-state index contributed by atoms with van der Waals surface area (Å²) in [5.74, 6) is 5.77. The molecule has 0 spiro atoms. The standard InChI is InChI=1S/C14H13N/c1-3-4-5-9-13-11-12-8-6-7-10-14(12)15(13)2/h5-11H,1-2H3/b9-5-. The van der Waals surface area contributed by atoms with E-state index in [1.165, 1.54) is 16.6 Å². The number of rotatable bonds is 1. The summed E-state index contributed by atoms with van der Waals surface area (Å²) in [5, 5.41) is 1.27. The van der Waals surface area contributed by atoms with Gasteiger partial charge in [-0.1, -0.05) is 24.1 Å². The van der Waals surface area contributed by atoms with Crippen molar-refractivity contribution in [2.24, 2.45) is 7.05 Å². The van der Waals surface area contributed by atoms with Crippen LogP contribution < -0.4 is 0 Å². The van der Waals surface area contributed by atoms with Crippen molar-refractivity contribution in [3.05, 3.63) is 42.1 Å². The first kappa shape index (κ1) is 9.61. The lowest BCUT2D eigenvalue weighted by molar-refractivity contribution is 0.955. The molecule has 0 aliphatic rings. The van der Waals surface area contributed by atoms with Crippen LogP contribution in [0, 0.1) is 11.8 Å². The van der Waals surface area contributed by atoms with Crippen LogP contribution in [-0.2, 0) is 7.05 Å². The van der Waals surface area contributed by atoms with Gasteiger partial charge in [-0.25, -0.2) is 0 Å². The molecule has 0 unspecified atom stereocenters. The lowest BCUT2D eigenvalue weighted by Crippen LogP contribution is -1.88. The van der Waals surface area contributed by atoms with Gasteiger partial charge >= 0.3 is 0 Å². The number of para-hydroxylation sites is 1. The molecule has 0 aliphatic heterocycles. The molecule has 0 N–H and O–H groups in total. The van der Waals surface area contributed by atoms with Crippen molar-refractivity contribution in [3.8, 4) is 11.8 Å². The fourth-order valence-corrected chi connectivity index (χ4v) is 1.68. The van der Waals surface area contributed by atoms with Crippen LogP contribution in [0.5, 0.6) is 0 Å². The number of aryl methyl sites for hydroxylation is 1. The van der Waals surface area contributed by atoms with Gasteiger partial charge in [-0.3, -0.25) is 0 Å². The van der Waals surface area contributed by atoms with Crippen LogP contribution in [0.15, 0.2) is 36.4 Å². The van der Waals surface area contributed by atoms with Crippen molar-refractivity contribution < 1.29 is 0 Å². The molecule has 1 aromatic carbocycles. The minimum absolute atomic E-state index is 1.18. The van der Waals surface area contributed by atoms with Gasteiger partial charge in [0.25, 0.3) is 0 Å². The first-order valence-electron chi connectivity index (χ1n) is 4.96. The number of aromatic nitrogens is 1. The number of hydrogen-bond acceptors (Lipinski definition) is 0. The Balaban J connectivity index is 2.52. The van der Waals surface area contributed by atoms with Crippen molar-refractivity contribution in [1.29, 1.82) is 0 Å². The molecule has 2 rings (SSSR count). The Labute approximate surface area is 90.0 Å². The van der Waals surface area contributed by atoms with Crippen molar-refractivity contribution in [3.63, 3.8) is 0 Å². The monoisotopic (exact) mass is 195 g/mol. The number of fused-ring (bicyclic) bond motifs is 1. The second-order valence-electron chi connectivity index (χ2n) is 3.41. The quantitative estimate of drug-likeness (QED) is 0.616. The van der Waals surface area contributed by atoms with Crippen LogP contribution in [0.4, 0.5) is 0 Å². The van der Waals surface area contributed by atoms with Crippen molar-refractivity contribution in [2.75, 3.05) is 0 Å². The van der Waals surface area contributed by atoms with Gasteiger partial charge in [-0.15, -0.1) is 5.92 Å². The van der Waals surface area contributed by atoms with Gasteiger partial charge in [0, 0.05) is 23.6 Å². The van der Waals surface area contributed by atoms with Crippen molar-refractivity contribution in [2.45, 2.75) is 6.92 Å². The average molecular weight is 195 g/mol. The molecule has 2 aromatic rings. The van der Waals surface area contributed by atoms with E-state index < -0.39 is 0 Å². The molecular weight excluding hydrogens is 182 g/mol. The summed E-state index contributed by atoms with van der Waals surface area (Å²) >= 11 is 0. The average Bonchev–Trinajstić information content (AvgIpc) is 2.57. The molecule has 0 aliphatic carbocycles. The van der Waals surface area contributed by atoms with Gasteiger partial charge in [-0.2, -0.15) is 0 Å². The van der Waals surface area contributed by atoms with E-state index in [0.717, 1.165) is 0 Å². The number of allylic oxidation sites excluding steroid dienone is 1. The normalized spacial score (nSPS) is 10.5. The molecule has 1 aromatic heterocycles. The molecule has 1 heteroatoms. The zero-order valence-corrected chi connectivity index (χ0v) is 8.99. The Morgan fingerprint density at radius 3 is 2.80 bits per heavy atom. The highest BCUT2D eigenvalue weighted by molar-refractivity contribution is 5.83. The topological polar surface area (TPSA) is 4.93 Å². The predicted molar refractivity (Wildman–Crippen MR) is 65.4 cm³/mol. The Morgan fingerprint density at radius 2 is 2.07 bits per heavy atom. The fourth-order valence-electron chi connectivity index (χ4n) is 1.68. The smallest absolute Gasteiger partial charge is 0.0482 e. The number of benzene rings is 1. The van der Waals surface area contributed by atoms with Crippen LogP contribution in [0.25, 0.3) is 17.0 Å². The molecular formula is C14H13N. The van der Waals surface area contributed by atoms with Crippen LogP contribution in [0.1, 0.15) is 12.6 Å². The molecule has 0 amide bonds. The maximum absolute atomic E-state index is 2.92. The summed E-state index contributed by atoms with van der Waals surface area (Å²) in [5.41, 5.74) is 2.43. The summed E-state index contributed by atoms with van der Waals surface area (Å²) in [6.45, 7) is 1.84. The second-order valence-corrected chi connectivity index (χ2v) is 3.41. The van der Waals surface area contributed by atoms with E-state index in [-0.39, 0.29) is 0 Å². The molecule has 1 heterocycles. The summed E-state index contributed by atoms with van der Waals surface area (Å²) in [4.78, 5) is 0. The number of hydrogen-bond donors (Lipinski definition) is 0. The summed E-state index contributed by atoms with van der Waals surface area (Å²) < 4.78 is 2.17. The van der Waals surface area contributed by atoms with Gasteiger partial charge < -0.3 is 4.57 Å². The van der Waals surface area contributed by atoms with Gasteiger partial charge in [0.15, 0.2) is 0 Å². The summed E-state index contributed by atoms with van der Waals surface area (Å²) in [7, 11) is 2.07. The number of nitrogens with zero attached hydrogens (tertiary/aromatic N) is 1. The highest BCUT2D eigenvalue weighted by Gasteiger charge is 2.00. The molecule has 0 radical (unpaired) electrons. The third-order valence-corrected chi connectivity index (χ3v) is 2.47. The van der Waals surface area contributed by atoms with Crippen LogP contribution in [-0.4, -0.2) is 4.57 Å². The minimum Gasteiger partial charge on any atom is -0.344 e. The third kappa shape index (κ3) is 1.80. The molecule has 0 fully saturated rings. The van der Waals surface area contributed by atoms with Gasteiger partial charge in [-0.05, 0) is 31.2 Å². The lowest BCUT2D eigenvalue weighted by atomic mass is 10.2. The van der Waals surface area contributed by atoms with E-state index >= 15 is 0 Å². The van der Waals surface area contributed by atoms with Crippen LogP contribution in [0.3, 0.4) is 0 Å². The third-order valence-electron chi connectivity index (χ3n) is 2.47. The first-order valence-corrected chi connectivity index (χ1v) is 4.96. The van der Waals surface area contributed by atoms with Crippen molar-refractivity contribution in [1.82, 2.24) is 4.57 Å². The van der Waals surface area contributed by atoms with E-state index in [9.17, 15) is 0 Å². The fraction of sp³-hybridized carbons (Fsp3) is 0.143. The maximum Gasteiger partial charge on any atom is 0.0482 e. The molecule has 0 saturated carbocycles. The molecule has 0 saturated heterocycles. The highest BCUT2D eigenvalue weighted by Crippen LogP contribution is 2.18. The van der Waals surface area contributed by atoms with E-state index in [1.54, 1.807) is 0 Å². The SMILES string of the molecule is CC#C/C=C\c1cc2ccccc2n1C. The van der Waals surface area contributed by atoms with Crippen LogP contribution >= 0.6 is 0 Å². The Kier molecular flexibility index (Phi) is 2.60. The highest BCUT2D eigenvalue weighted by atomic mass is 14.9. The predicted octanol–water partition coefficient (Wildman–Crippen LogP) is 3.21. The van der Waals surface area contributed by atoms with Gasteiger partial charge in [0.1, 0.15) is 0 Å². The molecule has 74 valence electrons. The molecule has 1 nitrogen and oxygen atoms in total. The summed E-state index contributed by atoms with van der Waals surface area (Å²) in [6.07, 6.45) is 3.92. The maximum atomic E-state index is 2.92. The second kappa shape index (κ2) is 4.06. The Hall–Kier alpha value is -1.94.